The first-order chi connectivity index (χ1) is 13.2. The quantitative estimate of drug-likeness (QED) is 0.614. The third kappa shape index (κ3) is 4.71. The maximum atomic E-state index is 13.3. The molecule has 1 amide bonds. The smallest absolute Gasteiger partial charge is 0.257 e. The molecule has 2 N–H and O–H groups in total. The molecule has 4 nitrogen and oxygen atoms in total. The lowest BCUT2D eigenvalue weighted by Gasteiger charge is -2.19. The molecule has 1 aromatic heterocycles. The standard InChI is InChI=1S/C22H21F2N3O/c1-22(2,3)15-4-6-16(7-5-15)27-21(28)14-10-18(13-25-12-14)26-17-8-9-19(23)20(24)11-17/h4-13,26H,1-3H3,(H,27,28). The number of hydrogen-bond donors (Lipinski definition) is 2. The number of carbonyl (C=O) groups excluding carboxylic acids is 1. The van der Waals surface area contributed by atoms with E-state index in [1.165, 1.54) is 24.0 Å². The van der Waals surface area contributed by atoms with Crippen molar-refractivity contribution < 1.29 is 13.6 Å². The van der Waals surface area contributed by atoms with Crippen molar-refractivity contribution in [2.24, 2.45) is 0 Å². The van der Waals surface area contributed by atoms with Gasteiger partial charge in [0.05, 0.1) is 17.4 Å². The number of hydrogen-bond acceptors (Lipinski definition) is 3. The lowest BCUT2D eigenvalue weighted by molar-refractivity contribution is 0.102. The van der Waals surface area contributed by atoms with Gasteiger partial charge in [0.1, 0.15) is 0 Å². The summed E-state index contributed by atoms with van der Waals surface area (Å²) in [6.45, 7) is 6.37. The Morgan fingerprint density at radius 3 is 2.18 bits per heavy atom. The van der Waals surface area contributed by atoms with Gasteiger partial charge in [-0.15, -0.1) is 0 Å². The highest BCUT2D eigenvalue weighted by atomic mass is 19.2. The van der Waals surface area contributed by atoms with Gasteiger partial charge in [0, 0.05) is 23.6 Å². The number of carbonyl (C=O) groups is 1. The highest BCUT2D eigenvalue weighted by Gasteiger charge is 2.14. The molecule has 0 unspecified atom stereocenters. The normalized spacial score (nSPS) is 11.2. The van der Waals surface area contributed by atoms with Crippen LogP contribution < -0.4 is 10.6 Å². The van der Waals surface area contributed by atoms with Crippen LogP contribution in [0.2, 0.25) is 0 Å². The zero-order valence-electron chi connectivity index (χ0n) is 15.9. The molecule has 0 atom stereocenters. The molecule has 0 bridgehead atoms. The summed E-state index contributed by atoms with van der Waals surface area (Å²) in [5, 5.41) is 5.73. The van der Waals surface area contributed by atoms with Crippen LogP contribution in [0.15, 0.2) is 60.9 Å². The summed E-state index contributed by atoms with van der Waals surface area (Å²) in [7, 11) is 0. The van der Waals surface area contributed by atoms with E-state index in [4.69, 9.17) is 0 Å². The van der Waals surface area contributed by atoms with Crippen LogP contribution in [0.1, 0.15) is 36.7 Å². The fourth-order valence-corrected chi connectivity index (χ4v) is 2.63. The van der Waals surface area contributed by atoms with Gasteiger partial charge in [-0.25, -0.2) is 8.78 Å². The van der Waals surface area contributed by atoms with E-state index in [0.717, 1.165) is 12.1 Å². The van der Waals surface area contributed by atoms with Crippen LogP contribution in [0.3, 0.4) is 0 Å². The average molecular weight is 381 g/mol. The molecule has 0 radical (unpaired) electrons. The van der Waals surface area contributed by atoms with Gasteiger partial charge in [0.2, 0.25) is 0 Å². The Morgan fingerprint density at radius 2 is 1.54 bits per heavy atom. The van der Waals surface area contributed by atoms with Gasteiger partial charge in [-0.3, -0.25) is 9.78 Å². The molecule has 0 aliphatic rings. The predicted molar refractivity (Wildman–Crippen MR) is 107 cm³/mol. The van der Waals surface area contributed by atoms with Crippen molar-refractivity contribution in [3.63, 3.8) is 0 Å². The number of benzene rings is 2. The average Bonchev–Trinajstić information content (AvgIpc) is 2.65. The van der Waals surface area contributed by atoms with E-state index in [1.807, 2.05) is 24.3 Å². The van der Waals surface area contributed by atoms with Gasteiger partial charge in [-0.05, 0) is 41.3 Å². The molecule has 0 saturated carbocycles. The second kappa shape index (κ2) is 7.76. The second-order valence-corrected chi connectivity index (χ2v) is 7.50. The van der Waals surface area contributed by atoms with Crippen LogP contribution in [0.5, 0.6) is 0 Å². The molecule has 3 aromatic rings. The Balaban J connectivity index is 1.72. The summed E-state index contributed by atoms with van der Waals surface area (Å²) >= 11 is 0. The molecule has 3 rings (SSSR count). The molecule has 0 aliphatic heterocycles. The lowest BCUT2D eigenvalue weighted by atomic mass is 9.87. The fraction of sp³-hybridized carbons (Fsp3) is 0.182. The summed E-state index contributed by atoms with van der Waals surface area (Å²) in [6.07, 6.45) is 2.94. The first kappa shape index (κ1) is 19.5. The van der Waals surface area contributed by atoms with E-state index in [1.54, 1.807) is 6.07 Å². The molecule has 2 aromatic carbocycles. The molecule has 144 valence electrons. The van der Waals surface area contributed by atoms with E-state index in [9.17, 15) is 13.6 Å². The lowest BCUT2D eigenvalue weighted by Crippen LogP contribution is -2.14. The largest absolute Gasteiger partial charge is 0.354 e. The Hall–Kier alpha value is -3.28. The summed E-state index contributed by atoms with van der Waals surface area (Å²) in [5.41, 5.74) is 3.07. The number of nitrogens with one attached hydrogen (secondary N) is 2. The van der Waals surface area contributed by atoms with Gasteiger partial charge >= 0.3 is 0 Å². The topological polar surface area (TPSA) is 54.0 Å². The third-order valence-corrected chi connectivity index (χ3v) is 4.22. The van der Waals surface area contributed by atoms with Gasteiger partial charge in [0.25, 0.3) is 5.91 Å². The Labute approximate surface area is 162 Å². The predicted octanol–water partition coefficient (Wildman–Crippen LogP) is 5.65. The van der Waals surface area contributed by atoms with Crippen LogP contribution >= 0.6 is 0 Å². The Kier molecular flexibility index (Phi) is 5.40. The van der Waals surface area contributed by atoms with E-state index in [0.29, 0.717) is 22.6 Å². The minimum atomic E-state index is -0.953. The summed E-state index contributed by atoms with van der Waals surface area (Å²) in [4.78, 5) is 16.5. The first-order valence-electron chi connectivity index (χ1n) is 8.81. The van der Waals surface area contributed by atoms with Crippen LogP contribution in [-0.2, 0) is 5.41 Å². The molecule has 0 aliphatic carbocycles. The van der Waals surface area contributed by atoms with E-state index >= 15 is 0 Å². The highest BCUT2D eigenvalue weighted by Crippen LogP contribution is 2.24. The van der Waals surface area contributed by atoms with E-state index < -0.39 is 11.6 Å². The number of nitrogens with zero attached hydrogens (tertiary/aromatic N) is 1. The molecule has 6 heteroatoms. The van der Waals surface area contributed by atoms with Crippen molar-refractivity contribution >= 4 is 23.0 Å². The number of amides is 1. The fourth-order valence-electron chi connectivity index (χ4n) is 2.63. The minimum absolute atomic E-state index is 0.0340. The van der Waals surface area contributed by atoms with E-state index in [2.05, 4.69) is 36.4 Å². The summed E-state index contributed by atoms with van der Waals surface area (Å²) < 4.78 is 26.4. The van der Waals surface area contributed by atoms with Crippen LogP contribution in [0, 0.1) is 11.6 Å². The molecular formula is C22H21F2N3O. The van der Waals surface area contributed by atoms with Gasteiger partial charge in [-0.2, -0.15) is 0 Å². The van der Waals surface area contributed by atoms with Crippen LogP contribution in [-0.4, -0.2) is 10.9 Å². The second-order valence-electron chi connectivity index (χ2n) is 7.50. The number of aromatic nitrogens is 1. The number of halogens is 2. The van der Waals surface area contributed by atoms with E-state index in [-0.39, 0.29) is 11.3 Å². The van der Waals surface area contributed by atoms with Crippen molar-refractivity contribution in [2.75, 3.05) is 10.6 Å². The molecule has 0 fully saturated rings. The highest BCUT2D eigenvalue weighted by molar-refractivity contribution is 6.04. The Bertz CT molecular complexity index is 995. The number of anilines is 3. The zero-order chi connectivity index (χ0) is 20.3. The molecule has 0 spiro atoms. The van der Waals surface area contributed by atoms with Gasteiger partial charge in [-0.1, -0.05) is 32.9 Å². The van der Waals surface area contributed by atoms with Crippen LogP contribution in [0.4, 0.5) is 25.8 Å². The van der Waals surface area contributed by atoms with Gasteiger partial charge in [0.15, 0.2) is 11.6 Å². The summed E-state index contributed by atoms with van der Waals surface area (Å²) in [6, 6.07) is 12.7. The molecule has 28 heavy (non-hydrogen) atoms. The Morgan fingerprint density at radius 1 is 0.857 bits per heavy atom. The summed E-state index contributed by atoms with van der Waals surface area (Å²) in [5.74, 6) is -2.19. The molecule has 1 heterocycles. The molecule has 0 saturated heterocycles. The van der Waals surface area contributed by atoms with Crippen molar-refractivity contribution in [3.8, 4) is 0 Å². The van der Waals surface area contributed by atoms with Crippen molar-refractivity contribution in [2.45, 2.75) is 26.2 Å². The monoisotopic (exact) mass is 381 g/mol. The van der Waals surface area contributed by atoms with Crippen LogP contribution in [0.25, 0.3) is 0 Å². The maximum Gasteiger partial charge on any atom is 0.257 e. The zero-order valence-corrected chi connectivity index (χ0v) is 15.9. The van der Waals surface area contributed by atoms with Crippen molar-refractivity contribution in [1.29, 1.82) is 0 Å². The molecular weight excluding hydrogens is 360 g/mol. The van der Waals surface area contributed by atoms with Crippen molar-refractivity contribution in [1.82, 2.24) is 4.98 Å². The number of pyridine rings is 1. The third-order valence-electron chi connectivity index (χ3n) is 4.22. The number of rotatable bonds is 4. The van der Waals surface area contributed by atoms with Crippen molar-refractivity contribution in [3.05, 3.63) is 83.7 Å². The SMILES string of the molecule is CC(C)(C)c1ccc(NC(=O)c2cncc(Nc3ccc(F)c(F)c3)c2)cc1. The maximum absolute atomic E-state index is 13.3. The minimum Gasteiger partial charge on any atom is -0.354 e. The van der Waals surface area contributed by atoms with Gasteiger partial charge < -0.3 is 10.6 Å². The first-order valence-corrected chi connectivity index (χ1v) is 8.81.